The Morgan fingerprint density at radius 1 is 0.974 bits per heavy atom. The molecule has 0 saturated heterocycles. The lowest BCUT2D eigenvalue weighted by molar-refractivity contribution is -0.145. The van der Waals surface area contributed by atoms with Crippen LogP contribution in [0.15, 0.2) is 70.8 Å². The zero-order valence-corrected chi connectivity index (χ0v) is 21.0. The van der Waals surface area contributed by atoms with Gasteiger partial charge in [0.05, 0.1) is 18.2 Å². The molecule has 4 aromatic heterocycles. The average molecular weight is 530 g/mol. The number of benzene rings is 1. The largest absolute Gasteiger partial charge is 0.458 e. The molecule has 0 atom stereocenters. The smallest absolute Gasteiger partial charge is 0.332 e. The van der Waals surface area contributed by atoms with E-state index in [-0.39, 0.29) is 36.8 Å². The van der Waals surface area contributed by atoms with E-state index in [1.54, 1.807) is 18.3 Å². The van der Waals surface area contributed by atoms with Crippen molar-refractivity contribution in [3.63, 3.8) is 0 Å². The highest BCUT2D eigenvalue weighted by Gasteiger charge is 2.17. The third-order valence-corrected chi connectivity index (χ3v) is 5.92. The summed E-state index contributed by atoms with van der Waals surface area (Å²) in [4.78, 5) is 57.8. The number of imidazole rings is 1. The molecular formula is C25H23N9O5. The van der Waals surface area contributed by atoms with Crippen LogP contribution in [0.1, 0.15) is 5.69 Å². The molecule has 5 rings (SSSR count). The summed E-state index contributed by atoms with van der Waals surface area (Å²) in [6.45, 7) is -0.565. The van der Waals surface area contributed by atoms with Crippen LogP contribution in [0.5, 0.6) is 0 Å². The molecule has 0 bridgehead atoms. The van der Waals surface area contributed by atoms with Crippen LogP contribution in [0.4, 0.5) is 5.69 Å². The molecule has 1 aromatic carbocycles. The number of carbonyl (C=O) groups is 2. The molecule has 0 unspecified atom stereocenters. The molecule has 4 heterocycles. The zero-order chi connectivity index (χ0) is 27.5. The maximum absolute atomic E-state index is 12.5. The van der Waals surface area contributed by atoms with Gasteiger partial charge in [0, 0.05) is 31.5 Å². The summed E-state index contributed by atoms with van der Waals surface area (Å²) in [6, 6.07) is 13.0. The van der Waals surface area contributed by atoms with E-state index in [1.807, 2.05) is 30.3 Å². The summed E-state index contributed by atoms with van der Waals surface area (Å²) in [5, 5.41) is 10.6. The van der Waals surface area contributed by atoms with Gasteiger partial charge in [-0.3, -0.25) is 28.5 Å². The van der Waals surface area contributed by atoms with Crippen LogP contribution < -0.4 is 16.6 Å². The molecule has 0 aliphatic rings. The first-order chi connectivity index (χ1) is 18.8. The van der Waals surface area contributed by atoms with E-state index in [0.717, 1.165) is 15.8 Å². The Kier molecular flexibility index (Phi) is 6.82. The van der Waals surface area contributed by atoms with E-state index in [1.165, 1.54) is 40.4 Å². The summed E-state index contributed by atoms with van der Waals surface area (Å²) in [5.74, 6) is -0.955. The molecule has 0 radical (unpaired) electrons. The highest BCUT2D eigenvalue weighted by Crippen LogP contribution is 2.19. The molecule has 5 aromatic rings. The number of carbonyl (C=O) groups excluding carboxylic acids is 2. The van der Waals surface area contributed by atoms with Gasteiger partial charge >= 0.3 is 11.7 Å². The molecule has 0 aliphatic carbocycles. The number of hydrogen-bond donors (Lipinski definition) is 1. The first-order valence-corrected chi connectivity index (χ1v) is 11.8. The molecule has 0 fully saturated rings. The van der Waals surface area contributed by atoms with Crippen molar-refractivity contribution in [1.82, 2.24) is 38.7 Å². The van der Waals surface area contributed by atoms with E-state index in [9.17, 15) is 19.2 Å². The molecule has 1 amide bonds. The van der Waals surface area contributed by atoms with Crippen molar-refractivity contribution in [3.05, 3.63) is 87.7 Å². The van der Waals surface area contributed by atoms with Crippen LogP contribution in [0, 0.1) is 0 Å². The molecule has 0 spiro atoms. The van der Waals surface area contributed by atoms with Crippen LogP contribution in [0.3, 0.4) is 0 Å². The summed E-state index contributed by atoms with van der Waals surface area (Å²) in [6.07, 6.45) is 4.51. The number of nitrogens with zero attached hydrogens (tertiary/aromatic N) is 8. The summed E-state index contributed by atoms with van der Waals surface area (Å²) >= 11 is 0. The molecular weight excluding hydrogens is 506 g/mol. The van der Waals surface area contributed by atoms with Gasteiger partial charge in [-0.25, -0.2) is 14.5 Å². The van der Waals surface area contributed by atoms with Gasteiger partial charge in [-0.15, -0.1) is 5.10 Å². The highest BCUT2D eigenvalue weighted by molar-refractivity contribution is 5.90. The minimum Gasteiger partial charge on any atom is -0.458 e. The van der Waals surface area contributed by atoms with E-state index in [2.05, 4.69) is 25.6 Å². The van der Waals surface area contributed by atoms with Crippen LogP contribution in [0.2, 0.25) is 0 Å². The topological polar surface area (TPSA) is 161 Å². The second kappa shape index (κ2) is 10.5. The van der Waals surface area contributed by atoms with Gasteiger partial charge in [0.15, 0.2) is 11.2 Å². The van der Waals surface area contributed by atoms with Crippen molar-refractivity contribution in [2.75, 3.05) is 5.32 Å². The highest BCUT2D eigenvalue weighted by atomic mass is 16.5. The summed E-state index contributed by atoms with van der Waals surface area (Å²) in [7, 11) is 2.84. The first kappa shape index (κ1) is 25.3. The lowest BCUT2D eigenvalue weighted by atomic mass is 10.1. The van der Waals surface area contributed by atoms with Gasteiger partial charge in [-0.1, -0.05) is 23.4 Å². The number of fused-ring (bicyclic) bond motifs is 1. The lowest BCUT2D eigenvalue weighted by Gasteiger charge is -2.07. The van der Waals surface area contributed by atoms with Gasteiger partial charge in [0.25, 0.3) is 5.56 Å². The van der Waals surface area contributed by atoms with Gasteiger partial charge < -0.3 is 14.6 Å². The predicted molar refractivity (Wildman–Crippen MR) is 138 cm³/mol. The third-order valence-electron chi connectivity index (χ3n) is 5.92. The Balaban J connectivity index is 1.14. The Bertz CT molecular complexity index is 1780. The van der Waals surface area contributed by atoms with Gasteiger partial charge in [0.1, 0.15) is 25.4 Å². The minimum atomic E-state index is -0.647. The average Bonchev–Trinajstić information content (AvgIpc) is 3.57. The molecule has 198 valence electrons. The Morgan fingerprint density at radius 3 is 2.51 bits per heavy atom. The number of pyridine rings is 1. The number of anilines is 1. The number of aromatic nitrogens is 8. The molecule has 0 aliphatic heterocycles. The number of ether oxygens (including phenoxy) is 1. The first-order valence-electron chi connectivity index (χ1n) is 11.8. The molecule has 14 heteroatoms. The normalized spacial score (nSPS) is 11.0. The second-order valence-electron chi connectivity index (χ2n) is 8.66. The monoisotopic (exact) mass is 529 g/mol. The number of nitrogens with one attached hydrogen (secondary N) is 1. The van der Waals surface area contributed by atoms with Crippen LogP contribution >= 0.6 is 0 Å². The summed E-state index contributed by atoms with van der Waals surface area (Å²) < 4.78 is 10.1. The van der Waals surface area contributed by atoms with Crippen molar-refractivity contribution < 1.29 is 14.3 Å². The van der Waals surface area contributed by atoms with Gasteiger partial charge in [-0.05, 0) is 24.3 Å². The van der Waals surface area contributed by atoms with E-state index >= 15 is 0 Å². The number of hydrogen-bond acceptors (Lipinski definition) is 9. The summed E-state index contributed by atoms with van der Waals surface area (Å²) in [5.41, 5.74) is 1.92. The van der Waals surface area contributed by atoms with E-state index in [0.29, 0.717) is 11.4 Å². The number of esters is 1. The number of rotatable bonds is 8. The Morgan fingerprint density at radius 2 is 1.77 bits per heavy atom. The fourth-order valence-electron chi connectivity index (χ4n) is 3.94. The SMILES string of the molecule is Cn1c(=O)c2c(ncn2CC(=O)OCc2cn(CC(=O)Nc3ccc(-c4ccccn4)cc3)nn2)n(C)c1=O. The van der Waals surface area contributed by atoms with Crippen LogP contribution in [-0.2, 0) is 48.1 Å². The van der Waals surface area contributed by atoms with Crippen molar-refractivity contribution in [2.24, 2.45) is 14.1 Å². The van der Waals surface area contributed by atoms with E-state index < -0.39 is 17.2 Å². The number of amides is 1. The van der Waals surface area contributed by atoms with Crippen molar-refractivity contribution in [2.45, 2.75) is 19.7 Å². The molecule has 14 nitrogen and oxygen atoms in total. The van der Waals surface area contributed by atoms with Gasteiger partial charge in [0.2, 0.25) is 5.91 Å². The quantitative estimate of drug-likeness (QED) is 0.282. The van der Waals surface area contributed by atoms with Crippen LogP contribution in [0.25, 0.3) is 22.4 Å². The van der Waals surface area contributed by atoms with E-state index in [4.69, 9.17) is 4.74 Å². The maximum atomic E-state index is 12.5. The maximum Gasteiger partial charge on any atom is 0.332 e. The van der Waals surface area contributed by atoms with Crippen molar-refractivity contribution in [3.8, 4) is 11.3 Å². The zero-order valence-electron chi connectivity index (χ0n) is 21.0. The lowest BCUT2D eigenvalue weighted by Crippen LogP contribution is -2.37. The Labute approximate surface area is 220 Å². The van der Waals surface area contributed by atoms with Crippen molar-refractivity contribution in [1.29, 1.82) is 0 Å². The predicted octanol–water partition coefficient (Wildman–Crippen LogP) is 0.469. The minimum absolute atomic E-state index is 0.0913. The third kappa shape index (κ3) is 5.34. The second-order valence-corrected chi connectivity index (χ2v) is 8.66. The van der Waals surface area contributed by atoms with Crippen molar-refractivity contribution >= 4 is 28.7 Å². The number of aryl methyl sites for hydroxylation is 1. The molecule has 1 N–H and O–H groups in total. The fraction of sp³-hybridized carbons (Fsp3) is 0.200. The fourth-order valence-corrected chi connectivity index (χ4v) is 3.94. The van der Waals surface area contributed by atoms with Gasteiger partial charge in [-0.2, -0.15) is 0 Å². The Hall–Kier alpha value is -5.40. The molecule has 0 saturated carbocycles. The van der Waals surface area contributed by atoms with Crippen LogP contribution in [-0.4, -0.2) is 50.5 Å². The standard InChI is InChI=1S/C25H23N9O5/c1-31-23-22(24(37)32(2)25(31)38)33(15-27-23)13-21(36)39-14-18-11-34(30-29-18)12-20(35)28-17-8-6-16(7-9-17)19-5-3-4-10-26-19/h3-11,15H,12-14H2,1-2H3,(H,28,35). The molecule has 39 heavy (non-hydrogen) atoms.